The van der Waals surface area contributed by atoms with Gasteiger partial charge in [-0.05, 0) is 81.6 Å². The number of nitrogens with zero attached hydrogens (tertiary/aromatic N) is 5. The van der Waals surface area contributed by atoms with Gasteiger partial charge in [-0.3, -0.25) is 14.5 Å². The lowest BCUT2D eigenvalue weighted by atomic mass is 10.1. The molecule has 10 heteroatoms. The van der Waals surface area contributed by atoms with Gasteiger partial charge in [0.05, 0.1) is 0 Å². The average molecular weight is 620 g/mol. The monoisotopic (exact) mass is 619 g/mol. The van der Waals surface area contributed by atoms with Crippen LogP contribution in [-0.2, 0) is 4.79 Å². The van der Waals surface area contributed by atoms with Crippen molar-refractivity contribution in [3.05, 3.63) is 89.6 Å². The van der Waals surface area contributed by atoms with Crippen molar-refractivity contribution in [2.24, 2.45) is 0 Å². The first kappa shape index (κ1) is 31.0. The number of rotatable bonds is 9. The summed E-state index contributed by atoms with van der Waals surface area (Å²) in [6, 6.07) is 21.9. The fourth-order valence-corrected chi connectivity index (χ4v) is 5.98. The van der Waals surface area contributed by atoms with Gasteiger partial charge in [0.15, 0.2) is 0 Å². The van der Waals surface area contributed by atoms with E-state index in [2.05, 4.69) is 56.4 Å². The Hall–Kier alpha value is -4.96. The molecule has 2 aliphatic rings. The van der Waals surface area contributed by atoms with E-state index in [1.807, 2.05) is 56.3 Å². The third kappa shape index (κ3) is 6.97. The third-order valence-electron chi connectivity index (χ3n) is 8.67. The minimum atomic E-state index is -0.383. The largest absolute Gasteiger partial charge is 0.438 e. The van der Waals surface area contributed by atoms with Gasteiger partial charge in [-0.25, -0.2) is 4.98 Å². The molecule has 2 aliphatic heterocycles. The van der Waals surface area contributed by atoms with Gasteiger partial charge in [-0.2, -0.15) is 4.98 Å². The van der Waals surface area contributed by atoms with Gasteiger partial charge in [-0.15, -0.1) is 0 Å². The van der Waals surface area contributed by atoms with Crippen LogP contribution in [0.2, 0.25) is 0 Å². The molecule has 0 spiro atoms. The van der Waals surface area contributed by atoms with Crippen LogP contribution in [-0.4, -0.2) is 65.4 Å². The zero-order valence-corrected chi connectivity index (χ0v) is 26.9. The molecule has 0 atom stereocenters. The fraction of sp³-hybridized carbons (Fsp3) is 0.333. The number of hydrogen-bond acceptors (Lipinski definition) is 8. The van der Waals surface area contributed by atoms with Gasteiger partial charge in [0.1, 0.15) is 11.3 Å². The lowest BCUT2D eigenvalue weighted by molar-refractivity contribution is -0.117. The van der Waals surface area contributed by atoms with Gasteiger partial charge in [0.25, 0.3) is 5.91 Å². The summed E-state index contributed by atoms with van der Waals surface area (Å²) >= 11 is 0. The van der Waals surface area contributed by atoms with E-state index in [4.69, 9.17) is 4.74 Å². The Balaban J connectivity index is 1.24. The number of para-hydroxylation sites is 1. The van der Waals surface area contributed by atoms with Crippen molar-refractivity contribution in [3.63, 3.8) is 0 Å². The fourth-order valence-electron chi connectivity index (χ4n) is 5.98. The predicted molar refractivity (Wildman–Crippen MR) is 183 cm³/mol. The minimum Gasteiger partial charge on any atom is -0.438 e. The lowest BCUT2D eigenvalue weighted by Gasteiger charge is -2.38. The van der Waals surface area contributed by atoms with Gasteiger partial charge in [0, 0.05) is 80.2 Å². The molecule has 2 N–H and O–H groups in total. The number of piperazine rings is 1. The van der Waals surface area contributed by atoms with Crippen molar-refractivity contribution < 1.29 is 14.3 Å². The molecule has 2 fully saturated rings. The second-order valence-electron chi connectivity index (χ2n) is 12.2. The highest BCUT2D eigenvalue weighted by molar-refractivity contribution is 6.06. The summed E-state index contributed by atoms with van der Waals surface area (Å²) in [4.78, 5) is 41.8. The zero-order valence-electron chi connectivity index (χ0n) is 26.9. The molecule has 0 unspecified atom stereocenters. The van der Waals surface area contributed by atoms with Gasteiger partial charge in [0.2, 0.25) is 17.7 Å². The van der Waals surface area contributed by atoms with Crippen molar-refractivity contribution in [2.45, 2.75) is 46.6 Å². The molecule has 4 aromatic rings. The Bertz CT molecular complexity index is 1700. The van der Waals surface area contributed by atoms with Gasteiger partial charge < -0.3 is 25.2 Å². The van der Waals surface area contributed by atoms with Crippen LogP contribution in [0.1, 0.15) is 48.2 Å². The van der Waals surface area contributed by atoms with Crippen molar-refractivity contribution in [1.29, 1.82) is 0 Å². The standard InChI is InChI=1S/C36H41N7O3/c1-24(2)41-18-20-42(21-19-41)28-15-13-27(14-16-28)38-36-37-23-31(34(45)39-33-25(3)8-5-9-26(33)4)35(40-36)46-30-11-6-10-29(22-30)43-17-7-12-32(43)44/h5-6,8-11,13-16,22-24H,7,12,17-21H2,1-4H3,(H,39,45)(H,37,38,40). The smallest absolute Gasteiger partial charge is 0.262 e. The molecule has 0 radical (unpaired) electrons. The van der Waals surface area contributed by atoms with Crippen molar-refractivity contribution in [1.82, 2.24) is 14.9 Å². The summed E-state index contributed by atoms with van der Waals surface area (Å²) in [7, 11) is 0. The molecular formula is C36H41N7O3. The SMILES string of the molecule is Cc1cccc(C)c1NC(=O)c1cnc(Nc2ccc(N3CCN(C(C)C)CC3)cc2)nc1Oc1cccc(N2CCCC2=O)c1. The van der Waals surface area contributed by atoms with Crippen LogP contribution < -0.4 is 25.2 Å². The molecule has 3 heterocycles. The molecule has 0 bridgehead atoms. The highest BCUT2D eigenvalue weighted by atomic mass is 16.5. The molecule has 46 heavy (non-hydrogen) atoms. The number of nitrogens with one attached hydrogen (secondary N) is 2. The molecule has 1 aromatic heterocycles. The van der Waals surface area contributed by atoms with Crippen molar-refractivity contribution in [3.8, 4) is 11.6 Å². The summed E-state index contributed by atoms with van der Waals surface area (Å²) in [6.45, 7) is 13.1. The number of hydrogen-bond donors (Lipinski definition) is 2. The van der Waals surface area contributed by atoms with Crippen molar-refractivity contribution >= 4 is 40.5 Å². The van der Waals surface area contributed by atoms with Crippen LogP contribution >= 0.6 is 0 Å². The van der Waals surface area contributed by atoms with Crippen LogP contribution in [0.25, 0.3) is 0 Å². The average Bonchev–Trinajstić information content (AvgIpc) is 3.49. The third-order valence-corrected chi connectivity index (χ3v) is 8.67. The van der Waals surface area contributed by atoms with Crippen LogP contribution in [0.15, 0.2) is 72.9 Å². The summed E-state index contributed by atoms with van der Waals surface area (Å²) in [6.07, 6.45) is 2.83. The number of aromatic nitrogens is 2. The molecule has 3 aromatic carbocycles. The Labute approximate surface area is 270 Å². The number of anilines is 5. The normalized spacial score (nSPS) is 15.4. The second-order valence-corrected chi connectivity index (χ2v) is 12.2. The molecule has 0 saturated carbocycles. The second kappa shape index (κ2) is 13.6. The predicted octanol–water partition coefficient (Wildman–Crippen LogP) is 6.54. The topological polar surface area (TPSA) is 103 Å². The zero-order chi connectivity index (χ0) is 32.2. The molecule has 6 rings (SSSR count). The Morgan fingerprint density at radius 3 is 2.28 bits per heavy atom. The summed E-state index contributed by atoms with van der Waals surface area (Å²) in [5, 5.41) is 6.28. The summed E-state index contributed by atoms with van der Waals surface area (Å²) < 4.78 is 6.27. The van der Waals surface area contributed by atoms with Crippen LogP contribution in [0.3, 0.4) is 0 Å². The Morgan fingerprint density at radius 2 is 1.61 bits per heavy atom. The molecule has 2 amide bonds. The maximum atomic E-state index is 13.6. The number of aryl methyl sites for hydroxylation is 2. The summed E-state index contributed by atoms with van der Waals surface area (Å²) in [5.74, 6) is 0.563. The van der Waals surface area contributed by atoms with E-state index in [0.717, 1.165) is 60.8 Å². The van der Waals surface area contributed by atoms with E-state index in [-0.39, 0.29) is 23.3 Å². The maximum absolute atomic E-state index is 13.6. The van der Waals surface area contributed by atoms with E-state index < -0.39 is 0 Å². The van der Waals surface area contributed by atoms with Gasteiger partial charge in [-0.1, -0.05) is 24.3 Å². The van der Waals surface area contributed by atoms with Gasteiger partial charge >= 0.3 is 0 Å². The quantitative estimate of drug-likeness (QED) is 0.218. The molecule has 0 aliphatic carbocycles. The first-order valence-electron chi connectivity index (χ1n) is 15.9. The molecular weight excluding hydrogens is 578 g/mol. The number of benzene rings is 3. The lowest BCUT2D eigenvalue weighted by Crippen LogP contribution is -2.48. The van der Waals surface area contributed by atoms with Crippen LogP contribution in [0.5, 0.6) is 11.6 Å². The summed E-state index contributed by atoms with van der Waals surface area (Å²) in [5.41, 5.74) is 5.56. The Morgan fingerprint density at radius 1 is 0.891 bits per heavy atom. The number of carbonyl (C=O) groups is 2. The first-order valence-corrected chi connectivity index (χ1v) is 15.9. The first-order chi connectivity index (χ1) is 22.2. The van der Waals surface area contributed by atoms with E-state index in [0.29, 0.717) is 30.7 Å². The van der Waals surface area contributed by atoms with E-state index >= 15 is 0 Å². The number of carbonyl (C=O) groups excluding carboxylic acids is 2. The van der Waals surface area contributed by atoms with E-state index in [1.165, 1.54) is 11.9 Å². The molecule has 10 nitrogen and oxygen atoms in total. The van der Waals surface area contributed by atoms with E-state index in [9.17, 15) is 9.59 Å². The molecule has 2 saturated heterocycles. The molecule has 238 valence electrons. The van der Waals surface area contributed by atoms with Crippen LogP contribution in [0, 0.1) is 13.8 Å². The van der Waals surface area contributed by atoms with Crippen molar-refractivity contribution in [2.75, 3.05) is 53.2 Å². The maximum Gasteiger partial charge on any atom is 0.262 e. The Kier molecular flexibility index (Phi) is 9.16. The van der Waals surface area contributed by atoms with E-state index in [1.54, 1.807) is 17.0 Å². The van der Waals surface area contributed by atoms with Crippen LogP contribution in [0.4, 0.5) is 28.7 Å². The number of amides is 2. The number of ether oxygens (including phenoxy) is 1. The highest BCUT2D eigenvalue weighted by Crippen LogP contribution is 2.31. The highest BCUT2D eigenvalue weighted by Gasteiger charge is 2.24. The minimum absolute atomic E-state index is 0.0863.